The van der Waals surface area contributed by atoms with Gasteiger partial charge in [-0.3, -0.25) is 4.79 Å². The standard InChI is InChI=1S/C8H13IO2/c1-11-8(10)6-3-2-4-7(9)5-6/h6-7H,2-5H2,1H3/t6-,7+/m0/s1. The van der Waals surface area contributed by atoms with Gasteiger partial charge in [0.2, 0.25) is 0 Å². The van der Waals surface area contributed by atoms with Crippen LogP contribution in [0.1, 0.15) is 25.7 Å². The molecule has 0 saturated heterocycles. The first-order valence-electron chi connectivity index (χ1n) is 3.96. The molecule has 0 aromatic rings. The summed E-state index contributed by atoms with van der Waals surface area (Å²) in [5, 5.41) is 0. The lowest BCUT2D eigenvalue weighted by Crippen LogP contribution is -2.23. The van der Waals surface area contributed by atoms with Gasteiger partial charge in [0.1, 0.15) is 0 Å². The number of carbonyl (C=O) groups is 1. The van der Waals surface area contributed by atoms with Crippen molar-refractivity contribution in [3.8, 4) is 0 Å². The molecule has 3 heteroatoms. The Bertz CT molecular complexity index is 147. The number of halogens is 1. The van der Waals surface area contributed by atoms with Gasteiger partial charge in [-0.15, -0.1) is 0 Å². The van der Waals surface area contributed by atoms with Gasteiger partial charge in [0.15, 0.2) is 0 Å². The third-order valence-corrected chi connectivity index (χ3v) is 3.28. The van der Waals surface area contributed by atoms with Crippen LogP contribution in [0.5, 0.6) is 0 Å². The van der Waals surface area contributed by atoms with Gasteiger partial charge in [-0.25, -0.2) is 0 Å². The zero-order valence-electron chi connectivity index (χ0n) is 6.68. The summed E-state index contributed by atoms with van der Waals surface area (Å²) in [6.45, 7) is 0. The fourth-order valence-electron chi connectivity index (χ4n) is 1.51. The van der Waals surface area contributed by atoms with E-state index in [1.54, 1.807) is 0 Å². The number of esters is 1. The average molecular weight is 268 g/mol. The number of alkyl halides is 1. The summed E-state index contributed by atoms with van der Waals surface area (Å²) in [5.41, 5.74) is 0. The van der Waals surface area contributed by atoms with Crippen molar-refractivity contribution in [1.82, 2.24) is 0 Å². The molecule has 0 aromatic carbocycles. The lowest BCUT2D eigenvalue weighted by molar-refractivity contribution is -0.146. The molecule has 0 unspecified atom stereocenters. The molecule has 11 heavy (non-hydrogen) atoms. The van der Waals surface area contributed by atoms with E-state index in [1.807, 2.05) is 0 Å². The molecule has 64 valence electrons. The van der Waals surface area contributed by atoms with Crippen LogP contribution in [0.2, 0.25) is 0 Å². The fourth-order valence-corrected chi connectivity index (χ4v) is 2.57. The number of methoxy groups -OCH3 is 1. The lowest BCUT2D eigenvalue weighted by Gasteiger charge is -2.23. The van der Waals surface area contributed by atoms with Crippen molar-refractivity contribution < 1.29 is 9.53 Å². The molecule has 0 N–H and O–H groups in total. The van der Waals surface area contributed by atoms with E-state index in [1.165, 1.54) is 20.0 Å². The smallest absolute Gasteiger partial charge is 0.308 e. The molecule has 0 heterocycles. The van der Waals surface area contributed by atoms with Crippen LogP contribution in [0, 0.1) is 5.92 Å². The van der Waals surface area contributed by atoms with Crippen molar-refractivity contribution in [2.75, 3.05) is 7.11 Å². The largest absolute Gasteiger partial charge is 0.469 e. The summed E-state index contributed by atoms with van der Waals surface area (Å²) in [7, 11) is 1.47. The number of rotatable bonds is 1. The molecule has 2 atom stereocenters. The number of hydrogen-bond acceptors (Lipinski definition) is 2. The van der Waals surface area contributed by atoms with Gasteiger partial charge in [-0.2, -0.15) is 0 Å². The molecule has 1 rings (SSSR count). The third kappa shape index (κ3) is 2.61. The van der Waals surface area contributed by atoms with E-state index >= 15 is 0 Å². The highest BCUT2D eigenvalue weighted by molar-refractivity contribution is 14.1. The van der Waals surface area contributed by atoms with Crippen LogP contribution < -0.4 is 0 Å². The highest BCUT2D eigenvalue weighted by Crippen LogP contribution is 2.29. The fraction of sp³-hybridized carbons (Fsp3) is 0.875. The second-order valence-corrected chi connectivity index (χ2v) is 4.75. The van der Waals surface area contributed by atoms with Gasteiger partial charge < -0.3 is 4.74 Å². The van der Waals surface area contributed by atoms with Crippen molar-refractivity contribution in [1.29, 1.82) is 0 Å². The van der Waals surface area contributed by atoms with Gasteiger partial charge in [0.25, 0.3) is 0 Å². The Balaban J connectivity index is 2.39. The van der Waals surface area contributed by atoms with E-state index in [2.05, 4.69) is 22.6 Å². The first-order chi connectivity index (χ1) is 5.24. The molecule has 2 nitrogen and oxygen atoms in total. The number of hydrogen-bond donors (Lipinski definition) is 0. The summed E-state index contributed by atoms with van der Waals surface area (Å²) >= 11 is 2.41. The van der Waals surface area contributed by atoms with E-state index in [0.717, 1.165) is 12.8 Å². The second kappa shape index (κ2) is 4.28. The van der Waals surface area contributed by atoms with Gasteiger partial charge in [0, 0.05) is 3.92 Å². The summed E-state index contributed by atoms with van der Waals surface area (Å²) < 4.78 is 5.37. The molecule has 0 aromatic heterocycles. The molecule has 0 radical (unpaired) electrons. The number of carbonyl (C=O) groups excluding carboxylic acids is 1. The maximum Gasteiger partial charge on any atom is 0.308 e. The molecule has 1 saturated carbocycles. The third-order valence-electron chi connectivity index (χ3n) is 2.14. The zero-order valence-corrected chi connectivity index (χ0v) is 8.84. The monoisotopic (exact) mass is 268 g/mol. The van der Waals surface area contributed by atoms with Crippen LogP contribution >= 0.6 is 22.6 Å². The first kappa shape index (κ1) is 9.29. The molecule has 1 aliphatic carbocycles. The van der Waals surface area contributed by atoms with E-state index in [-0.39, 0.29) is 11.9 Å². The van der Waals surface area contributed by atoms with Crippen molar-refractivity contribution in [3.63, 3.8) is 0 Å². The van der Waals surface area contributed by atoms with Crippen LogP contribution in [-0.4, -0.2) is 17.0 Å². The van der Waals surface area contributed by atoms with Gasteiger partial charge in [0.05, 0.1) is 13.0 Å². The Labute approximate surface area is 80.8 Å². The molecule has 1 aliphatic rings. The molecular weight excluding hydrogens is 255 g/mol. The van der Waals surface area contributed by atoms with E-state index in [4.69, 9.17) is 4.74 Å². The topological polar surface area (TPSA) is 26.3 Å². The Hall–Kier alpha value is 0.200. The highest BCUT2D eigenvalue weighted by atomic mass is 127. The average Bonchev–Trinajstić information content (AvgIpc) is 2.03. The van der Waals surface area contributed by atoms with E-state index in [9.17, 15) is 4.79 Å². The number of ether oxygens (including phenoxy) is 1. The maximum atomic E-state index is 11.1. The minimum absolute atomic E-state index is 0.0219. The quantitative estimate of drug-likeness (QED) is 0.414. The minimum Gasteiger partial charge on any atom is -0.469 e. The maximum absolute atomic E-state index is 11.1. The highest BCUT2D eigenvalue weighted by Gasteiger charge is 2.25. The Kier molecular flexibility index (Phi) is 3.62. The van der Waals surface area contributed by atoms with E-state index in [0.29, 0.717) is 3.92 Å². The van der Waals surface area contributed by atoms with Crippen LogP contribution in [0.25, 0.3) is 0 Å². The minimum atomic E-state index is -0.0219. The Morgan fingerprint density at radius 3 is 2.82 bits per heavy atom. The Morgan fingerprint density at radius 2 is 2.27 bits per heavy atom. The second-order valence-electron chi connectivity index (χ2n) is 2.98. The summed E-state index contributed by atoms with van der Waals surface area (Å²) in [5.74, 6) is 0.155. The first-order valence-corrected chi connectivity index (χ1v) is 5.20. The van der Waals surface area contributed by atoms with Crippen LogP contribution in [0.4, 0.5) is 0 Å². The molecule has 1 fully saturated rings. The summed E-state index contributed by atoms with van der Waals surface area (Å²) in [6.07, 6.45) is 4.46. The normalized spacial score (nSPS) is 31.5. The molecule has 0 aliphatic heterocycles. The molecular formula is C8H13IO2. The lowest BCUT2D eigenvalue weighted by atomic mass is 9.89. The van der Waals surface area contributed by atoms with Crippen LogP contribution in [0.15, 0.2) is 0 Å². The molecule has 0 bridgehead atoms. The summed E-state index contributed by atoms with van der Waals surface area (Å²) in [6, 6.07) is 0. The van der Waals surface area contributed by atoms with Crippen molar-refractivity contribution in [3.05, 3.63) is 0 Å². The summed E-state index contributed by atoms with van der Waals surface area (Å²) in [4.78, 5) is 11.1. The SMILES string of the molecule is COC(=O)[C@H]1CCC[C@@H](I)C1. The van der Waals surface area contributed by atoms with Crippen LogP contribution in [0.3, 0.4) is 0 Å². The molecule has 0 amide bonds. The molecule has 0 spiro atoms. The predicted octanol–water partition coefficient (Wildman–Crippen LogP) is 2.15. The Morgan fingerprint density at radius 1 is 1.55 bits per heavy atom. The van der Waals surface area contributed by atoms with E-state index < -0.39 is 0 Å². The predicted molar refractivity (Wildman–Crippen MR) is 51.8 cm³/mol. The van der Waals surface area contributed by atoms with Crippen molar-refractivity contribution in [2.45, 2.75) is 29.6 Å². The van der Waals surface area contributed by atoms with Crippen molar-refractivity contribution >= 4 is 28.6 Å². The van der Waals surface area contributed by atoms with Crippen LogP contribution in [-0.2, 0) is 9.53 Å². The van der Waals surface area contributed by atoms with Gasteiger partial charge >= 0.3 is 5.97 Å². The zero-order chi connectivity index (χ0) is 8.27. The van der Waals surface area contributed by atoms with Gasteiger partial charge in [-0.05, 0) is 19.3 Å². The van der Waals surface area contributed by atoms with Gasteiger partial charge in [-0.1, -0.05) is 29.0 Å². The van der Waals surface area contributed by atoms with Crippen molar-refractivity contribution in [2.24, 2.45) is 5.92 Å².